The molecule has 21 heavy (non-hydrogen) atoms. The van der Waals surface area contributed by atoms with Gasteiger partial charge in [0.1, 0.15) is 6.04 Å². The molecular formula is C17H21NO3. The Balaban J connectivity index is 1.95. The van der Waals surface area contributed by atoms with Gasteiger partial charge in [0.05, 0.1) is 0 Å². The van der Waals surface area contributed by atoms with Crippen LogP contribution >= 0.6 is 0 Å². The van der Waals surface area contributed by atoms with Crippen LogP contribution in [-0.2, 0) is 9.59 Å². The molecule has 0 radical (unpaired) electrons. The Morgan fingerprint density at radius 2 is 1.81 bits per heavy atom. The van der Waals surface area contributed by atoms with E-state index in [0.29, 0.717) is 0 Å². The number of amides is 1. The number of carbonyl (C=O) groups excluding carboxylic acids is 1. The van der Waals surface area contributed by atoms with Gasteiger partial charge in [-0.05, 0) is 30.4 Å². The number of carbonyl (C=O) groups is 2. The summed E-state index contributed by atoms with van der Waals surface area (Å²) < 4.78 is 0. The van der Waals surface area contributed by atoms with E-state index in [1.807, 2.05) is 30.3 Å². The third-order valence-corrected chi connectivity index (χ3v) is 3.91. The van der Waals surface area contributed by atoms with Crippen molar-refractivity contribution in [3.8, 4) is 0 Å². The zero-order valence-corrected chi connectivity index (χ0v) is 12.0. The Kier molecular flexibility index (Phi) is 5.55. The molecule has 1 unspecified atom stereocenters. The van der Waals surface area contributed by atoms with Crippen molar-refractivity contribution in [2.24, 2.45) is 5.92 Å². The van der Waals surface area contributed by atoms with Crippen LogP contribution in [0, 0.1) is 5.92 Å². The largest absolute Gasteiger partial charge is 0.480 e. The number of aliphatic carboxylic acids is 1. The fraction of sp³-hybridized carbons (Fsp3) is 0.412. The zero-order chi connectivity index (χ0) is 15.1. The van der Waals surface area contributed by atoms with Gasteiger partial charge in [-0.25, -0.2) is 4.79 Å². The standard InChI is InChI=1S/C17H21NO3/c19-15(12-11-13-7-3-1-4-8-13)18-16(17(20)21)14-9-5-2-6-10-14/h1,3-4,7-8,11-12,14,16H,2,5-6,9-10H2,(H,18,19)(H,20,21)/b12-11+. The van der Waals surface area contributed by atoms with Gasteiger partial charge in [0, 0.05) is 6.08 Å². The molecule has 0 aliphatic heterocycles. The van der Waals surface area contributed by atoms with Crippen LogP contribution in [0.2, 0.25) is 0 Å². The van der Waals surface area contributed by atoms with E-state index in [4.69, 9.17) is 0 Å². The van der Waals surface area contributed by atoms with Crippen LogP contribution < -0.4 is 5.32 Å². The van der Waals surface area contributed by atoms with Gasteiger partial charge < -0.3 is 10.4 Å². The summed E-state index contributed by atoms with van der Waals surface area (Å²) in [5, 5.41) is 12.0. The Morgan fingerprint density at radius 3 is 2.43 bits per heavy atom. The summed E-state index contributed by atoms with van der Waals surface area (Å²) in [6.45, 7) is 0. The van der Waals surface area contributed by atoms with Gasteiger partial charge >= 0.3 is 5.97 Å². The first kappa shape index (κ1) is 15.3. The van der Waals surface area contributed by atoms with Gasteiger partial charge in [0.2, 0.25) is 5.91 Å². The number of hydrogen-bond acceptors (Lipinski definition) is 2. The maximum absolute atomic E-state index is 11.9. The molecule has 0 heterocycles. The molecule has 1 saturated carbocycles. The monoisotopic (exact) mass is 287 g/mol. The third-order valence-electron chi connectivity index (χ3n) is 3.91. The maximum atomic E-state index is 11.9. The molecular weight excluding hydrogens is 266 g/mol. The lowest BCUT2D eigenvalue weighted by Crippen LogP contribution is -2.46. The molecule has 0 saturated heterocycles. The summed E-state index contributed by atoms with van der Waals surface area (Å²) in [6, 6.07) is 8.68. The molecule has 4 nitrogen and oxygen atoms in total. The summed E-state index contributed by atoms with van der Waals surface area (Å²) in [5.41, 5.74) is 0.914. The average Bonchev–Trinajstić information content (AvgIpc) is 2.52. The predicted octanol–water partition coefficient (Wildman–Crippen LogP) is 2.85. The molecule has 1 amide bonds. The number of carboxylic acids is 1. The maximum Gasteiger partial charge on any atom is 0.326 e. The van der Waals surface area contributed by atoms with E-state index in [1.165, 1.54) is 6.08 Å². The summed E-state index contributed by atoms with van der Waals surface area (Å²) in [5.74, 6) is -1.24. The topological polar surface area (TPSA) is 66.4 Å². The number of carboxylic acid groups (broad SMARTS) is 1. The molecule has 1 aromatic rings. The molecule has 1 atom stereocenters. The smallest absolute Gasteiger partial charge is 0.326 e. The van der Waals surface area contributed by atoms with Crippen LogP contribution in [0.15, 0.2) is 36.4 Å². The van der Waals surface area contributed by atoms with Crippen molar-refractivity contribution in [1.29, 1.82) is 0 Å². The number of nitrogens with one attached hydrogen (secondary N) is 1. The fourth-order valence-corrected chi connectivity index (χ4v) is 2.79. The van der Waals surface area contributed by atoms with Crippen molar-refractivity contribution in [3.63, 3.8) is 0 Å². The molecule has 1 aliphatic rings. The second kappa shape index (κ2) is 7.62. The van der Waals surface area contributed by atoms with Crippen LogP contribution in [0.25, 0.3) is 6.08 Å². The normalized spacial score (nSPS) is 17.5. The second-order valence-corrected chi connectivity index (χ2v) is 5.47. The van der Waals surface area contributed by atoms with Crippen LogP contribution in [0.1, 0.15) is 37.7 Å². The first-order chi connectivity index (χ1) is 10.2. The number of hydrogen-bond donors (Lipinski definition) is 2. The van der Waals surface area contributed by atoms with Gasteiger partial charge in [-0.1, -0.05) is 49.6 Å². The predicted molar refractivity (Wildman–Crippen MR) is 81.6 cm³/mol. The van der Waals surface area contributed by atoms with Crippen molar-refractivity contribution in [2.75, 3.05) is 0 Å². The van der Waals surface area contributed by atoms with Crippen molar-refractivity contribution in [1.82, 2.24) is 5.32 Å². The highest BCUT2D eigenvalue weighted by Gasteiger charge is 2.30. The van der Waals surface area contributed by atoms with Gasteiger partial charge in [-0.2, -0.15) is 0 Å². The Morgan fingerprint density at radius 1 is 1.14 bits per heavy atom. The van der Waals surface area contributed by atoms with Crippen LogP contribution in [-0.4, -0.2) is 23.0 Å². The zero-order valence-electron chi connectivity index (χ0n) is 12.0. The minimum atomic E-state index is -0.941. The van der Waals surface area contributed by atoms with Gasteiger partial charge in [0.15, 0.2) is 0 Å². The quantitative estimate of drug-likeness (QED) is 0.818. The van der Waals surface area contributed by atoms with E-state index in [1.54, 1.807) is 6.08 Å². The van der Waals surface area contributed by atoms with E-state index in [9.17, 15) is 14.7 Å². The first-order valence-electron chi connectivity index (χ1n) is 7.43. The lowest BCUT2D eigenvalue weighted by atomic mass is 9.84. The van der Waals surface area contributed by atoms with E-state index in [0.717, 1.165) is 37.7 Å². The highest BCUT2D eigenvalue weighted by Crippen LogP contribution is 2.26. The fourth-order valence-electron chi connectivity index (χ4n) is 2.79. The Hall–Kier alpha value is -2.10. The van der Waals surface area contributed by atoms with Crippen molar-refractivity contribution in [3.05, 3.63) is 42.0 Å². The number of benzene rings is 1. The molecule has 112 valence electrons. The summed E-state index contributed by atoms with van der Waals surface area (Å²) in [4.78, 5) is 23.3. The Bertz CT molecular complexity index is 504. The third kappa shape index (κ3) is 4.74. The summed E-state index contributed by atoms with van der Waals surface area (Å²) in [7, 11) is 0. The summed E-state index contributed by atoms with van der Waals surface area (Å²) >= 11 is 0. The van der Waals surface area contributed by atoms with E-state index < -0.39 is 12.0 Å². The van der Waals surface area contributed by atoms with Crippen molar-refractivity contribution >= 4 is 18.0 Å². The average molecular weight is 287 g/mol. The summed E-state index contributed by atoms with van der Waals surface area (Å²) in [6.07, 6.45) is 8.08. The lowest BCUT2D eigenvalue weighted by Gasteiger charge is -2.27. The second-order valence-electron chi connectivity index (χ2n) is 5.47. The molecule has 2 N–H and O–H groups in total. The molecule has 1 aromatic carbocycles. The van der Waals surface area contributed by atoms with E-state index in [-0.39, 0.29) is 11.8 Å². The molecule has 2 rings (SSSR count). The van der Waals surface area contributed by atoms with Gasteiger partial charge in [-0.15, -0.1) is 0 Å². The molecule has 0 aromatic heterocycles. The van der Waals surface area contributed by atoms with Crippen molar-refractivity contribution < 1.29 is 14.7 Å². The Labute approximate surface area is 124 Å². The first-order valence-corrected chi connectivity index (χ1v) is 7.43. The van der Waals surface area contributed by atoms with Crippen LogP contribution in [0.4, 0.5) is 0 Å². The van der Waals surface area contributed by atoms with Crippen LogP contribution in [0.5, 0.6) is 0 Å². The molecule has 4 heteroatoms. The molecule has 1 aliphatic carbocycles. The van der Waals surface area contributed by atoms with Gasteiger partial charge in [0.25, 0.3) is 0 Å². The molecule has 0 spiro atoms. The molecule has 1 fully saturated rings. The number of rotatable bonds is 5. The van der Waals surface area contributed by atoms with Crippen LogP contribution in [0.3, 0.4) is 0 Å². The van der Waals surface area contributed by atoms with Crippen molar-refractivity contribution in [2.45, 2.75) is 38.1 Å². The minimum absolute atomic E-state index is 0.0466. The lowest BCUT2D eigenvalue weighted by molar-refractivity contribution is -0.143. The molecule has 0 bridgehead atoms. The SMILES string of the molecule is O=C(/C=C/c1ccccc1)NC(C(=O)O)C1CCCCC1. The van der Waals surface area contributed by atoms with E-state index in [2.05, 4.69) is 5.32 Å². The van der Waals surface area contributed by atoms with Gasteiger partial charge in [-0.3, -0.25) is 4.79 Å². The highest BCUT2D eigenvalue weighted by molar-refractivity contribution is 5.94. The highest BCUT2D eigenvalue weighted by atomic mass is 16.4. The van der Waals surface area contributed by atoms with E-state index >= 15 is 0 Å². The minimum Gasteiger partial charge on any atom is -0.480 e.